The summed E-state index contributed by atoms with van der Waals surface area (Å²) in [6.07, 6.45) is 37.9. The van der Waals surface area contributed by atoms with Crippen molar-refractivity contribution in [1.29, 1.82) is 0 Å². The van der Waals surface area contributed by atoms with Gasteiger partial charge in [-0.25, -0.2) is 0 Å². The van der Waals surface area contributed by atoms with Crippen LogP contribution in [0.2, 0.25) is 0 Å². The molecule has 2 unspecified atom stereocenters. The zero-order valence-electron chi connectivity index (χ0n) is 28.3. The van der Waals surface area contributed by atoms with Crippen molar-refractivity contribution in [3.8, 4) is 0 Å². The van der Waals surface area contributed by atoms with Gasteiger partial charge < -0.3 is 14.2 Å². The Bertz CT molecular complexity index is 484. The van der Waals surface area contributed by atoms with Crippen LogP contribution in [0.3, 0.4) is 0 Å². The number of rotatable bonds is 36. The SMILES string of the molecule is CCCCCCCCCCCCCCCCOC(C)C(COC=O)OCCCCCCCCCCCCCCCC. The monoisotopic (exact) mass is 583 g/mol. The molecule has 0 fully saturated rings. The Morgan fingerprint density at radius 2 is 0.732 bits per heavy atom. The predicted molar refractivity (Wildman–Crippen MR) is 178 cm³/mol. The first kappa shape index (κ1) is 40.4. The van der Waals surface area contributed by atoms with E-state index in [1.54, 1.807) is 0 Å². The molecule has 0 aliphatic rings. The summed E-state index contributed by atoms with van der Waals surface area (Å²) in [5, 5.41) is 0. The van der Waals surface area contributed by atoms with Crippen molar-refractivity contribution in [3.63, 3.8) is 0 Å². The fourth-order valence-electron chi connectivity index (χ4n) is 5.66. The van der Waals surface area contributed by atoms with E-state index in [1.165, 1.54) is 167 Å². The minimum absolute atomic E-state index is 0.0523. The average molecular weight is 583 g/mol. The van der Waals surface area contributed by atoms with E-state index in [2.05, 4.69) is 13.8 Å². The van der Waals surface area contributed by atoms with Gasteiger partial charge in [-0.05, 0) is 19.8 Å². The Labute approximate surface area is 257 Å². The van der Waals surface area contributed by atoms with Gasteiger partial charge in [-0.1, -0.05) is 181 Å². The van der Waals surface area contributed by atoms with E-state index < -0.39 is 0 Å². The third-order valence-electron chi connectivity index (χ3n) is 8.56. The number of unbranched alkanes of at least 4 members (excludes halogenated alkanes) is 26. The van der Waals surface area contributed by atoms with Gasteiger partial charge in [0, 0.05) is 13.2 Å². The Kier molecular flexibility index (Phi) is 35.1. The minimum atomic E-state index is -0.172. The molecule has 0 spiro atoms. The van der Waals surface area contributed by atoms with Crippen LogP contribution in [-0.4, -0.2) is 38.5 Å². The molecule has 0 radical (unpaired) electrons. The zero-order chi connectivity index (χ0) is 29.9. The predicted octanol–water partition coefficient (Wildman–Crippen LogP) is 11.9. The Balaban J connectivity index is 3.59. The molecule has 0 saturated carbocycles. The molecule has 4 nitrogen and oxygen atoms in total. The fraction of sp³-hybridized carbons (Fsp3) is 0.973. The van der Waals surface area contributed by atoms with Crippen LogP contribution in [0, 0.1) is 0 Å². The van der Waals surface area contributed by atoms with Crippen LogP contribution in [0.15, 0.2) is 0 Å². The van der Waals surface area contributed by atoms with Crippen LogP contribution < -0.4 is 0 Å². The van der Waals surface area contributed by atoms with E-state index >= 15 is 0 Å². The van der Waals surface area contributed by atoms with Crippen molar-refractivity contribution >= 4 is 6.47 Å². The smallest absolute Gasteiger partial charge is 0.293 e. The van der Waals surface area contributed by atoms with Crippen molar-refractivity contribution in [3.05, 3.63) is 0 Å². The van der Waals surface area contributed by atoms with E-state index in [-0.39, 0.29) is 18.8 Å². The van der Waals surface area contributed by atoms with Crippen molar-refractivity contribution in [2.24, 2.45) is 0 Å². The summed E-state index contributed by atoms with van der Waals surface area (Å²) < 4.78 is 17.2. The van der Waals surface area contributed by atoms with Gasteiger partial charge in [0.25, 0.3) is 6.47 Å². The molecule has 246 valence electrons. The first-order valence-corrected chi connectivity index (χ1v) is 18.5. The lowest BCUT2D eigenvalue weighted by Crippen LogP contribution is -2.34. The van der Waals surface area contributed by atoms with E-state index in [0.717, 1.165) is 26.1 Å². The van der Waals surface area contributed by atoms with Crippen molar-refractivity contribution in [2.75, 3.05) is 19.8 Å². The molecular weight excluding hydrogens is 508 g/mol. The zero-order valence-corrected chi connectivity index (χ0v) is 28.3. The van der Waals surface area contributed by atoms with Crippen molar-refractivity contribution < 1.29 is 19.0 Å². The molecule has 0 aliphatic heterocycles. The van der Waals surface area contributed by atoms with Crippen LogP contribution in [-0.2, 0) is 19.0 Å². The van der Waals surface area contributed by atoms with Gasteiger partial charge in [0.15, 0.2) is 0 Å². The van der Waals surface area contributed by atoms with Gasteiger partial charge >= 0.3 is 0 Å². The maximum absolute atomic E-state index is 10.7. The van der Waals surface area contributed by atoms with Crippen LogP contribution in [0.1, 0.15) is 201 Å². The molecule has 41 heavy (non-hydrogen) atoms. The summed E-state index contributed by atoms with van der Waals surface area (Å²) in [7, 11) is 0. The first-order chi connectivity index (χ1) is 20.3. The summed E-state index contributed by atoms with van der Waals surface area (Å²) in [4.78, 5) is 10.7. The van der Waals surface area contributed by atoms with Crippen molar-refractivity contribution in [1.82, 2.24) is 0 Å². The largest absolute Gasteiger partial charge is 0.465 e. The fourth-order valence-corrected chi connectivity index (χ4v) is 5.66. The first-order valence-electron chi connectivity index (χ1n) is 18.5. The second-order valence-electron chi connectivity index (χ2n) is 12.6. The van der Waals surface area contributed by atoms with Crippen LogP contribution in [0.4, 0.5) is 0 Å². The van der Waals surface area contributed by atoms with Gasteiger partial charge in [-0.2, -0.15) is 0 Å². The summed E-state index contributed by atoms with van der Waals surface area (Å²) in [6, 6.07) is 0. The molecule has 0 aromatic carbocycles. The van der Waals surface area contributed by atoms with Gasteiger partial charge in [0.1, 0.15) is 12.7 Å². The lowest BCUT2D eigenvalue weighted by molar-refractivity contribution is -0.139. The summed E-state index contributed by atoms with van der Waals surface area (Å²) in [5.41, 5.74) is 0. The molecule has 0 aromatic heterocycles. The highest BCUT2D eigenvalue weighted by Gasteiger charge is 2.19. The highest BCUT2D eigenvalue weighted by molar-refractivity contribution is 5.36. The Hall–Kier alpha value is -0.610. The third-order valence-corrected chi connectivity index (χ3v) is 8.56. The van der Waals surface area contributed by atoms with E-state index in [4.69, 9.17) is 14.2 Å². The Morgan fingerprint density at radius 3 is 1.05 bits per heavy atom. The van der Waals surface area contributed by atoms with Gasteiger partial charge in [0.05, 0.1) is 6.10 Å². The maximum Gasteiger partial charge on any atom is 0.293 e. The molecule has 2 atom stereocenters. The molecule has 0 aliphatic carbocycles. The van der Waals surface area contributed by atoms with E-state index in [9.17, 15) is 4.79 Å². The molecule has 0 N–H and O–H groups in total. The van der Waals surface area contributed by atoms with E-state index in [1.807, 2.05) is 6.92 Å². The lowest BCUT2D eigenvalue weighted by Gasteiger charge is -2.24. The summed E-state index contributed by atoms with van der Waals surface area (Å²) in [5.74, 6) is 0. The number of hydrogen-bond acceptors (Lipinski definition) is 4. The molecular formula is C37H74O4. The average Bonchev–Trinajstić information content (AvgIpc) is 2.98. The van der Waals surface area contributed by atoms with Crippen LogP contribution in [0.25, 0.3) is 0 Å². The molecule has 0 saturated heterocycles. The molecule has 4 heteroatoms. The molecule has 0 rings (SSSR count). The quantitative estimate of drug-likeness (QED) is 0.0544. The summed E-state index contributed by atoms with van der Waals surface area (Å²) >= 11 is 0. The minimum Gasteiger partial charge on any atom is -0.465 e. The Morgan fingerprint density at radius 1 is 0.439 bits per heavy atom. The van der Waals surface area contributed by atoms with Crippen LogP contribution in [0.5, 0.6) is 0 Å². The number of carbonyl (C=O) groups excluding carboxylic acids is 1. The number of hydrogen-bond donors (Lipinski definition) is 0. The van der Waals surface area contributed by atoms with Crippen LogP contribution >= 0.6 is 0 Å². The molecule has 0 aromatic rings. The number of ether oxygens (including phenoxy) is 3. The normalized spacial score (nSPS) is 13.0. The standard InChI is InChI=1S/C37H74O4/c1-4-6-8-10-12-14-16-18-20-22-24-26-28-30-32-40-36(3)37(34-39-35-38)41-33-31-29-27-25-23-21-19-17-15-13-11-9-7-5-2/h35-37H,4-34H2,1-3H3. The van der Waals surface area contributed by atoms with Gasteiger partial charge in [-0.3, -0.25) is 4.79 Å². The highest BCUT2D eigenvalue weighted by Crippen LogP contribution is 2.15. The highest BCUT2D eigenvalue weighted by atomic mass is 16.6. The second-order valence-corrected chi connectivity index (χ2v) is 12.6. The molecule has 0 bridgehead atoms. The van der Waals surface area contributed by atoms with Gasteiger partial charge in [0.2, 0.25) is 0 Å². The topological polar surface area (TPSA) is 44.8 Å². The third kappa shape index (κ3) is 32.1. The van der Waals surface area contributed by atoms with Gasteiger partial charge in [-0.15, -0.1) is 0 Å². The maximum atomic E-state index is 10.7. The summed E-state index contributed by atoms with van der Waals surface area (Å²) in [6.45, 7) is 8.90. The molecule has 0 amide bonds. The number of carbonyl (C=O) groups is 1. The van der Waals surface area contributed by atoms with Crippen molar-refractivity contribution in [2.45, 2.75) is 213 Å². The molecule has 0 heterocycles. The second kappa shape index (κ2) is 35.6. The lowest BCUT2D eigenvalue weighted by atomic mass is 10.0. The van der Waals surface area contributed by atoms with E-state index in [0.29, 0.717) is 6.47 Å².